The summed E-state index contributed by atoms with van der Waals surface area (Å²) in [4.78, 5) is 23.9. The minimum absolute atomic E-state index is 0.133. The first-order valence-corrected chi connectivity index (χ1v) is 11.4. The predicted molar refractivity (Wildman–Crippen MR) is 123 cm³/mol. The monoisotopic (exact) mass is 438 g/mol. The van der Waals surface area contributed by atoms with Crippen LogP contribution in [0.4, 0.5) is 5.82 Å². The average molecular weight is 439 g/mol. The van der Waals surface area contributed by atoms with Gasteiger partial charge in [-0.05, 0) is 17.4 Å². The van der Waals surface area contributed by atoms with E-state index in [1.54, 1.807) is 23.9 Å². The van der Waals surface area contributed by atoms with Gasteiger partial charge in [0, 0.05) is 25.7 Å². The summed E-state index contributed by atoms with van der Waals surface area (Å²) in [5.74, 6) is 1.67. The number of aromatic nitrogens is 4. The van der Waals surface area contributed by atoms with Crippen LogP contribution in [0.5, 0.6) is 0 Å². The van der Waals surface area contributed by atoms with E-state index >= 15 is 0 Å². The van der Waals surface area contributed by atoms with Gasteiger partial charge in [-0.15, -0.1) is 0 Å². The summed E-state index contributed by atoms with van der Waals surface area (Å²) in [6.07, 6.45) is 5.16. The molecule has 0 bridgehead atoms. The number of rotatable bonds is 8. The van der Waals surface area contributed by atoms with Crippen LogP contribution in [-0.2, 0) is 16.1 Å². The maximum atomic E-state index is 12.1. The van der Waals surface area contributed by atoms with Gasteiger partial charge in [0.1, 0.15) is 5.82 Å². The van der Waals surface area contributed by atoms with Crippen LogP contribution < -0.4 is 10.2 Å². The molecule has 9 heteroatoms. The predicted octanol–water partition coefficient (Wildman–Crippen LogP) is 2.60. The van der Waals surface area contributed by atoms with Crippen molar-refractivity contribution in [3.63, 3.8) is 0 Å². The lowest BCUT2D eigenvalue weighted by molar-refractivity contribution is -0.116. The standard InChI is InChI=1S/C22H26N6O2S/c1-2-31-22-25-20(27-12-14-30-15-13-27)18-16-24-28(21(18)26-22)11-10-23-19(29)9-8-17-6-4-3-5-7-17/h3-9,16H,2,10-15H2,1H3,(H,23,29)/b9-8-. The normalized spacial score (nSPS) is 14.4. The van der Waals surface area contributed by atoms with E-state index in [2.05, 4.69) is 22.2 Å². The van der Waals surface area contributed by atoms with E-state index in [1.807, 2.05) is 41.2 Å². The molecule has 1 saturated heterocycles. The van der Waals surface area contributed by atoms with Crippen LogP contribution in [0.15, 0.2) is 47.8 Å². The number of ether oxygens (including phenoxy) is 1. The van der Waals surface area contributed by atoms with Crippen LogP contribution in [0.3, 0.4) is 0 Å². The topological polar surface area (TPSA) is 85.2 Å². The molecule has 8 nitrogen and oxygen atoms in total. The minimum Gasteiger partial charge on any atom is -0.378 e. The molecular weight excluding hydrogens is 412 g/mol. The van der Waals surface area contributed by atoms with Crippen LogP contribution in [0, 0.1) is 0 Å². The zero-order valence-corrected chi connectivity index (χ0v) is 18.3. The number of hydrogen-bond acceptors (Lipinski definition) is 7. The Morgan fingerprint density at radius 1 is 1.23 bits per heavy atom. The number of nitrogens with zero attached hydrogens (tertiary/aromatic N) is 5. The van der Waals surface area contributed by atoms with Gasteiger partial charge >= 0.3 is 0 Å². The van der Waals surface area contributed by atoms with Gasteiger partial charge in [-0.3, -0.25) is 4.79 Å². The Morgan fingerprint density at radius 3 is 2.81 bits per heavy atom. The summed E-state index contributed by atoms with van der Waals surface area (Å²) in [6.45, 7) is 6.07. The van der Waals surface area contributed by atoms with E-state index in [9.17, 15) is 4.79 Å². The number of carbonyl (C=O) groups is 1. The van der Waals surface area contributed by atoms with Crippen molar-refractivity contribution in [2.75, 3.05) is 43.5 Å². The fourth-order valence-electron chi connectivity index (χ4n) is 3.37. The molecule has 162 valence electrons. The third-order valence-electron chi connectivity index (χ3n) is 4.89. The first kappa shape index (κ1) is 21.3. The highest BCUT2D eigenvalue weighted by Gasteiger charge is 2.20. The number of nitrogens with one attached hydrogen (secondary N) is 1. The minimum atomic E-state index is -0.133. The quantitative estimate of drug-likeness (QED) is 0.329. The maximum absolute atomic E-state index is 12.1. The molecule has 1 aliphatic heterocycles. The lowest BCUT2D eigenvalue weighted by Gasteiger charge is -2.28. The van der Waals surface area contributed by atoms with Crippen molar-refractivity contribution < 1.29 is 9.53 Å². The van der Waals surface area contributed by atoms with Crippen LogP contribution in [0.1, 0.15) is 12.5 Å². The van der Waals surface area contributed by atoms with Crippen LogP contribution in [-0.4, -0.2) is 64.3 Å². The van der Waals surface area contributed by atoms with Crippen molar-refractivity contribution in [1.29, 1.82) is 0 Å². The molecule has 0 radical (unpaired) electrons. The van der Waals surface area contributed by atoms with E-state index < -0.39 is 0 Å². The van der Waals surface area contributed by atoms with E-state index in [1.165, 1.54) is 0 Å². The van der Waals surface area contributed by atoms with Crippen molar-refractivity contribution in [1.82, 2.24) is 25.1 Å². The third-order valence-corrected chi connectivity index (χ3v) is 5.62. The molecule has 2 aromatic heterocycles. The van der Waals surface area contributed by atoms with E-state index in [0.717, 1.165) is 46.4 Å². The Bertz CT molecular complexity index is 1050. The Hall–Kier alpha value is -2.91. The molecule has 0 atom stereocenters. The fourth-order valence-corrected chi connectivity index (χ4v) is 3.93. The molecule has 0 aliphatic carbocycles. The smallest absolute Gasteiger partial charge is 0.244 e. The molecule has 3 heterocycles. The highest BCUT2D eigenvalue weighted by atomic mass is 32.2. The fraction of sp³-hybridized carbons (Fsp3) is 0.364. The van der Waals surface area contributed by atoms with Crippen LogP contribution in [0.25, 0.3) is 17.1 Å². The van der Waals surface area contributed by atoms with Crippen molar-refractivity contribution in [2.24, 2.45) is 0 Å². The SMILES string of the molecule is CCSc1nc(N2CCOCC2)c2cnn(CCNC(=O)/C=C\c3ccccc3)c2n1. The van der Waals surface area contributed by atoms with Crippen LogP contribution >= 0.6 is 11.8 Å². The van der Waals surface area contributed by atoms with Gasteiger partial charge in [-0.2, -0.15) is 5.10 Å². The number of thioether (sulfide) groups is 1. The lowest BCUT2D eigenvalue weighted by Crippen LogP contribution is -2.37. The number of hydrogen-bond donors (Lipinski definition) is 1. The van der Waals surface area contributed by atoms with Gasteiger partial charge in [0.25, 0.3) is 0 Å². The van der Waals surface area contributed by atoms with Gasteiger partial charge in [-0.25, -0.2) is 14.6 Å². The molecule has 3 aromatic rings. The van der Waals surface area contributed by atoms with Gasteiger partial charge in [0.15, 0.2) is 10.8 Å². The first-order chi connectivity index (χ1) is 15.2. The molecule has 1 aliphatic rings. The summed E-state index contributed by atoms with van der Waals surface area (Å²) >= 11 is 1.61. The zero-order chi connectivity index (χ0) is 21.5. The highest BCUT2D eigenvalue weighted by Crippen LogP contribution is 2.27. The Morgan fingerprint density at radius 2 is 2.03 bits per heavy atom. The van der Waals surface area contributed by atoms with E-state index in [-0.39, 0.29) is 5.91 Å². The number of morpholine rings is 1. The number of amides is 1. The Labute approximate surface area is 185 Å². The van der Waals surface area contributed by atoms with E-state index in [4.69, 9.17) is 14.7 Å². The van der Waals surface area contributed by atoms with Crippen LogP contribution in [0.2, 0.25) is 0 Å². The average Bonchev–Trinajstić information content (AvgIpc) is 3.21. The van der Waals surface area contributed by atoms with Gasteiger partial charge < -0.3 is 15.0 Å². The molecule has 1 fully saturated rings. The molecular formula is C22H26N6O2S. The van der Waals surface area contributed by atoms with Gasteiger partial charge in [0.05, 0.1) is 31.3 Å². The van der Waals surface area contributed by atoms with Crippen molar-refractivity contribution in [3.8, 4) is 0 Å². The molecule has 0 saturated carbocycles. The molecule has 0 unspecified atom stereocenters. The summed E-state index contributed by atoms with van der Waals surface area (Å²) in [5, 5.41) is 9.10. The van der Waals surface area contributed by atoms with Crippen molar-refractivity contribution >= 4 is 40.6 Å². The lowest BCUT2D eigenvalue weighted by atomic mass is 10.2. The molecule has 31 heavy (non-hydrogen) atoms. The van der Waals surface area contributed by atoms with Crippen molar-refractivity contribution in [2.45, 2.75) is 18.6 Å². The van der Waals surface area contributed by atoms with Gasteiger partial charge in [-0.1, -0.05) is 49.0 Å². The Balaban J connectivity index is 1.45. The van der Waals surface area contributed by atoms with Gasteiger partial charge in [0.2, 0.25) is 5.91 Å². The summed E-state index contributed by atoms with van der Waals surface area (Å²) in [7, 11) is 0. The first-order valence-electron chi connectivity index (χ1n) is 10.4. The second-order valence-electron chi connectivity index (χ2n) is 7.00. The molecule has 1 aromatic carbocycles. The highest BCUT2D eigenvalue weighted by molar-refractivity contribution is 7.99. The number of carbonyl (C=O) groups excluding carboxylic acids is 1. The second kappa shape index (κ2) is 10.4. The largest absolute Gasteiger partial charge is 0.378 e. The van der Waals surface area contributed by atoms with E-state index in [0.29, 0.717) is 26.3 Å². The molecule has 4 rings (SSSR count). The maximum Gasteiger partial charge on any atom is 0.244 e. The zero-order valence-electron chi connectivity index (χ0n) is 17.5. The third kappa shape index (κ3) is 5.42. The Kier molecular flexibility index (Phi) is 7.16. The second-order valence-corrected chi connectivity index (χ2v) is 8.23. The number of benzene rings is 1. The van der Waals surface area contributed by atoms with Crippen molar-refractivity contribution in [3.05, 3.63) is 48.2 Å². The number of fused-ring (bicyclic) bond motifs is 1. The summed E-state index contributed by atoms with van der Waals surface area (Å²) in [6, 6.07) is 9.75. The summed E-state index contributed by atoms with van der Waals surface area (Å²) < 4.78 is 7.32. The molecule has 1 amide bonds. The number of anilines is 1. The summed E-state index contributed by atoms with van der Waals surface area (Å²) in [5.41, 5.74) is 1.78. The molecule has 0 spiro atoms. The molecule has 1 N–H and O–H groups in total.